The number of anilines is 2. The topological polar surface area (TPSA) is 92.2 Å². The van der Waals surface area contributed by atoms with E-state index in [0.717, 1.165) is 16.7 Å². The van der Waals surface area contributed by atoms with Crippen LogP contribution in [0, 0.1) is 6.92 Å². The first-order valence-corrected chi connectivity index (χ1v) is 13.1. The summed E-state index contributed by atoms with van der Waals surface area (Å²) in [5.74, 6) is 0.763. The van der Waals surface area contributed by atoms with E-state index in [1.165, 1.54) is 7.11 Å². The number of hydrogen-bond donors (Lipinski definition) is 2. The summed E-state index contributed by atoms with van der Waals surface area (Å²) < 4.78 is 5.49. The molecule has 0 spiro atoms. The van der Waals surface area contributed by atoms with Gasteiger partial charge in [0, 0.05) is 34.6 Å². The molecule has 0 aliphatic carbocycles. The number of nitrogens with one attached hydrogen (secondary N) is 2. The summed E-state index contributed by atoms with van der Waals surface area (Å²) in [7, 11) is 1.52. The molecule has 0 atom stereocenters. The molecule has 0 radical (unpaired) electrons. The second-order valence-corrected chi connectivity index (χ2v) is 9.19. The van der Waals surface area contributed by atoms with Crippen LogP contribution in [0.2, 0.25) is 0 Å². The third-order valence-corrected chi connectivity index (χ3v) is 6.52. The van der Waals surface area contributed by atoms with Crippen molar-refractivity contribution in [2.75, 3.05) is 17.7 Å². The lowest BCUT2D eigenvalue weighted by atomic mass is 10.1. The molecule has 0 unspecified atom stereocenters. The predicted molar refractivity (Wildman–Crippen MR) is 156 cm³/mol. The Morgan fingerprint density at radius 2 is 1.28 bits per heavy atom. The predicted octanol–water partition coefficient (Wildman–Crippen LogP) is 8.40. The minimum atomic E-state index is -0.261. The van der Waals surface area contributed by atoms with Crippen LogP contribution in [0.15, 0.2) is 95.2 Å². The normalized spacial score (nSPS) is 10.9. The Labute approximate surface area is 236 Å². The van der Waals surface area contributed by atoms with E-state index < -0.39 is 0 Å². The highest BCUT2D eigenvalue weighted by atomic mass is 35.5. The van der Waals surface area contributed by atoms with E-state index in [1.54, 1.807) is 60.7 Å². The van der Waals surface area contributed by atoms with Gasteiger partial charge >= 0.3 is 0 Å². The molecule has 0 aliphatic heterocycles. The molecule has 4 aromatic carbocycles. The Kier molecular flexibility index (Phi) is 9.31. The zero-order chi connectivity index (χ0) is 27.8. The molecule has 0 aliphatic rings. The monoisotopic (exact) mass is 560 g/mol. The second-order valence-electron chi connectivity index (χ2n) is 8.66. The smallest absolute Gasteiger partial charge is 0.255 e. The highest BCUT2D eigenvalue weighted by molar-refractivity contribution is 6.17. The molecule has 198 valence electrons. The van der Waals surface area contributed by atoms with Crippen molar-refractivity contribution in [2.45, 2.75) is 18.7 Å². The van der Waals surface area contributed by atoms with E-state index in [0.29, 0.717) is 51.4 Å². The SMILES string of the molecule is COc1cc(/N=N/c2ccc(NC(=O)c3ccc(CCl)cc3)cc2)c(C)cc1NC(=O)c1ccc(CCl)cc1. The molecule has 4 aromatic rings. The van der Waals surface area contributed by atoms with Crippen molar-refractivity contribution in [3.63, 3.8) is 0 Å². The van der Waals surface area contributed by atoms with Gasteiger partial charge in [0.2, 0.25) is 0 Å². The molecular formula is C30H26Cl2N4O3. The molecule has 2 N–H and O–H groups in total. The molecule has 9 heteroatoms. The number of azo groups is 1. The quantitative estimate of drug-likeness (QED) is 0.159. The lowest BCUT2D eigenvalue weighted by Gasteiger charge is -2.13. The maximum atomic E-state index is 12.7. The number of hydrogen-bond acceptors (Lipinski definition) is 5. The van der Waals surface area contributed by atoms with Crippen LogP contribution < -0.4 is 15.4 Å². The van der Waals surface area contributed by atoms with Gasteiger partial charge < -0.3 is 15.4 Å². The summed E-state index contributed by atoms with van der Waals surface area (Å²) in [6, 6.07) is 24.7. The third-order valence-electron chi connectivity index (χ3n) is 5.91. The average molecular weight is 561 g/mol. The number of nitrogens with zero attached hydrogens (tertiary/aromatic N) is 2. The number of rotatable bonds is 9. The van der Waals surface area contributed by atoms with Gasteiger partial charge in [0.1, 0.15) is 5.75 Å². The van der Waals surface area contributed by atoms with Crippen LogP contribution in [0.25, 0.3) is 0 Å². The summed E-state index contributed by atoms with van der Waals surface area (Å²) in [5, 5.41) is 14.4. The zero-order valence-electron chi connectivity index (χ0n) is 21.4. The van der Waals surface area contributed by atoms with Crippen LogP contribution in [-0.4, -0.2) is 18.9 Å². The van der Waals surface area contributed by atoms with Crippen molar-refractivity contribution in [1.82, 2.24) is 0 Å². The second kappa shape index (κ2) is 13.0. The number of aryl methyl sites for hydroxylation is 1. The molecular weight excluding hydrogens is 535 g/mol. The highest BCUT2D eigenvalue weighted by Gasteiger charge is 2.13. The fourth-order valence-corrected chi connectivity index (χ4v) is 4.02. The maximum Gasteiger partial charge on any atom is 0.255 e. The minimum absolute atomic E-state index is 0.215. The van der Waals surface area contributed by atoms with Gasteiger partial charge in [0.05, 0.1) is 24.2 Å². The van der Waals surface area contributed by atoms with Crippen molar-refractivity contribution >= 4 is 57.8 Å². The Balaban J connectivity index is 1.43. The molecule has 0 heterocycles. The average Bonchev–Trinajstić information content (AvgIpc) is 2.97. The Morgan fingerprint density at radius 3 is 1.79 bits per heavy atom. The van der Waals surface area contributed by atoms with Crippen molar-refractivity contribution in [3.8, 4) is 5.75 Å². The molecule has 2 amide bonds. The third kappa shape index (κ3) is 7.22. The van der Waals surface area contributed by atoms with Crippen LogP contribution in [-0.2, 0) is 11.8 Å². The van der Waals surface area contributed by atoms with E-state index >= 15 is 0 Å². The van der Waals surface area contributed by atoms with Gasteiger partial charge in [-0.25, -0.2) is 0 Å². The van der Waals surface area contributed by atoms with Crippen LogP contribution in [0.3, 0.4) is 0 Å². The van der Waals surface area contributed by atoms with Crippen molar-refractivity contribution < 1.29 is 14.3 Å². The summed E-state index contributed by atoms with van der Waals surface area (Å²) in [5.41, 5.74) is 6.10. The number of halogens is 2. The summed E-state index contributed by atoms with van der Waals surface area (Å²) in [6.07, 6.45) is 0. The summed E-state index contributed by atoms with van der Waals surface area (Å²) >= 11 is 11.6. The number of carbonyl (C=O) groups excluding carboxylic acids is 2. The Hall–Kier alpha value is -4.20. The van der Waals surface area contributed by atoms with Crippen molar-refractivity contribution in [1.29, 1.82) is 0 Å². The maximum absolute atomic E-state index is 12.7. The van der Waals surface area contributed by atoms with Crippen LogP contribution in [0.5, 0.6) is 5.75 Å². The lowest BCUT2D eigenvalue weighted by Crippen LogP contribution is -2.12. The molecule has 39 heavy (non-hydrogen) atoms. The first kappa shape index (κ1) is 27.8. The minimum Gasteiger partial charge on any atom is -0.494 e. The van der Waals surface area contributed by atoms with E-state index in [-0.39, 0.29) is 11.8 Å². The molecule has 0 saturated heterocycles. The van der Waals surface area contributed by atoms with Crippen LogP contribution in [0.1, 0.15) is 37.4 Å². The fourth-order valence-electron chi connectivity index (χ4n) is 3.66. The highest BCUT2D eigenvalue weighted by Crippen LogP contribution is 2.34. The Morgan fingerprint density at radius 1 is 0.744 bits per heavy atom. The summed E-state index contributed by atoms with van der Waals surface area (Å²) in [4.78, 5) is 25.2. The molecule has 0 fully saturated rings. The number of benzene rings is 4. The molecule has 4 rings (SSSR count). The molecule has 0 bridgehead atoms. The van der Waals surface area contributed by atoms with Gasteiger partial charge in [-0.15, -0.1) is 23.2 Å². The lowest BCUT2D eigenvalue weighted by molar-refractivity contribution is 0.101. The van der Waals surface area contributed by atoms with E-state index in [9.17, 15) is 9.59 Å². The number of ether oxygens (including phenoxy) is 1. The number of alkyl halides is 2. The van der Waals surface area contributed by atoms with Gasteiger partial charge in [-0.3, -0.25) is 9.59 Å². The van der Waals surface area contributed by atoms with E-state index in [1.807, 2.05) is 31.2 Å². The zero-order valence-corrected chi connectivity index (χ0v) is 22.9. The van der Waals surface area contributed by atoms with Gasteiger partial charge in [-0.05, 0) is 78.2 Å². The standard InChI is InChI=1S/C30H26Cl2N4O3/c1-19-15-27(34-30(38)23-9-5-21(18-32)6-10-23)28(39-2)16-26(19)36-35-25-13-11-24(12-14-25)33-29(37)22-7-3-20(17-31)4-8-22/h3-16H,17-18H2,1-2H3,(H,33,37)(H,34,38)/b36-35+. The van der Waals surface area contributed by atoms with Crippen LogP contribution in [0.4, 0.5) is 22.7 Å². The molecule has 0 aromatic heterocycles. The summed E-state index contributed by atoms with van der Waals surface area (Å²) in [6.45, 7) is 1.87. The van der Waals surface area contributed by atoms with Gasteiger partial charge in [-0.2, -0.15) is 10.2 Å². The van der Waals surface area contributed by atoms with Crippen molar-refractivity contribution in [3.05, 3.63) is 113 Å². The number of carbonyl (C=O) groups is 2. The van der Waals surface area contributed by atoms with E-state index in [4.69, 9.17) is 27.9 Å². The van der Waals surface area contributed by atoms with Gasteiger partial charge in [-0.1, -0.05) is 24.3 Å². The van der Waals surface area contributed by atoms with Gasteiger partial charge in [0.25, 0.3) is 11.8 Å². The van der Waals surface area contributed by atoms with E-state index in [2.05, 4.69) is 20.9 Å². The first-order chi connectivity index (χ1) is 18.9. The van der Waals surface area contributed by atoms with Gasteiger partial charge in [0.15, 0.2) is 0 Å². The van der Waals surface area contributed by atoms with Crippen molar-refractivity contribution in [2.24, 2.45) is 10.2 Å². The fraction of sp³-hybridized carbons (Fsp3) is 0.133. The Bertz CT molecular complexity index is 1490. The van der Waals surface area contributed by atoms with Crippen LogP contribution >= 0.6 is 23.2 Å². The molecule has 7 nitrogen and oxygen atoms in total. The number of amides is 2. The largest absolute Gasteiger partial charge is 0.494 e. The number of methoxy groups -OCH3 is 1. The molecule has 0 saturated carbocycles. The first-order valence-electron chi connectivity index (χ1n) is 12.0.